The van der Waals surface area contributed by atoms with E-state index < -0.39 is 0 Å². The number of para-hydroxylation sites is 1. The summed E-state index contributed by atoms with van der Waals surface area (Å²) < 4.78 is 7.64. The van der Waals surface area contributed by atoms with Crippen molar-refractivity contribution < 1.29 is 9.53 Å². The topological polar surface area (TPSA) is 34.5 Å². The van der Waals surface area contributed by atoms with Gasteiger partial charge in [0, 0.05) is 54.4 Å². The maximum Gasteiger partial charge on any atom is 0.195 e. The summed E-state index contributed by atoms with van der Waals surface area (Å²) in [5.74, 6) is 0.101. The Bertz CT molecular complexity index is 923. The molecular weight excluding hydrogens is 324 g/mol. The summed E-state index contributed by atoms with van der Waals surface area (Å²) in [6, 6.07) is 16.0. The second-order valence-corrected chi connectivity index (χ2v) is 6.85. The van der Waals surface area contributed by atoms with Crippen molar-refractivity contribution in [1.29, 1.82) is 0 Å². The molecule has 0 N–H and O–H groups in total. The highest BCUT2D eigenvalue weighted by molar-refractivity contribution is 6.17. The molecule has 0 spiro atoms. The highest BCUT2D eigenvalue weighted by Crippen LogP contribution is 2.25. The lowest BCUT2D eigenvalue weighted by Gasteiger charge is -2.26. The van der Waals surface area contributed by atoms with E-state index in [1.54, 1.807) is 0 Å². The monoisotopic (exact) mass is 348 g/mol. The molecule has 0 amide bonds. The molecule has 0 aliphatic carbocycles. The largest absolute Gasteiger partial charge is 0.379 e. The Morgan fingerprint density at radius 1 is 0.962 bits per heavy atom. The number of carbonyl (C=O) groups is 1. The molecule has 0 radical (unpaired) electrons. The van der Waals surface area contributed by atoms with Crippen LogP contribution in [0.15, 0.2) is 54.7 Å². The molecular formula is C22H24N2O2. The molecule has 4 nitrogen and oxygen atoms in total. The maximum atomic E-state index is 13.2. The van der Waals surface area contributed by atoms with Gasteiger partial charge in [-0.1, -0.05) is 42.5 Å². The fraction of sp³-hybridized carbons (Fsp3) is 0.318. The van der Waals surface area contributed by atoms with Gasteiger partial charge in [-0.15, -0.1) is 0 Å². The quantitative estimate of drug-likeness (QED) is 0.662. The summed E-state index contributed by atoms with van der Waals surface area (Å²) >= 11 is 0. The van der Waals surface area contributed by atoms with Crippen molar-refractivity contribution in [1.82, 2.24) is 9.47 Å². The standard InChI is InChI=1S/C22H24N2O2/c1-17-6-2-3-7-18(17)22(25)20-16-24(21-9-5-4-8-19(20)21)11-10-23-12-14-26-15-13-23/h2-9,16H,10-15H2,1H3. The number of aryl methyl sites for hydroxylation is 1. The highest BCUT2D eigenvalue weighted by atomic mass is 16.5. The molecule has 4 heteroatoms. The molecule has 134 valence electrons. The average molecular weight is 348 g/mol. The second-order valence-electron chi connectivity index (χ2n) is 6.85. The maximum absolute atomic E-state index is 13.2. The fourth-order valence-corrected chi connectivity index (χ4v) is 3.66. The van der Waals surface area contributed by atoms with Crippen molar-refractivity contribution in [2.45, 2.75) is 13.5 Å². The molecule has 2 aromatic carbocycles. The van der Waals surface area contributed by atoms with Gasteiger partial charge in [0.25, 0.3) is 0 Å². The first-order valence-electron chi connectivity index (χ1n) is 9.22. The number of hydrogen-bond donors (Lipinski definition) is 0. The third-order valence-electron chi connectivity index (χ3n) is 5.18. The zero-order chi connectivity index (χ0) is 17.9. The number of benzene rings is 2. The first kappa shape index (κ1) is 17.0. The minimum Gasteiger partial charge on any atom is -0.379 e. The number of ether oxygens (including phenoxy) is 1. The number of hydrogen-bond acceptors (Lipinski definition) is 3. The smallest absolute Gasteiger partial charge is 0.195 e. The number of morpholine rings is 1. The van der Waals surface area contributed by atoms with E-state index in [0.29, 0.717) is 0 Å². The number of rotatable bonds is 5. The van der Waals surface area contributed by atoms with Crippen LogP contribution in [0.5, 0.6) is 0 Å². The van der Waals surface area contributed by atoms with Crippen molar-refractivity contribution in [2.24, 2.45) is 0 Å². The van der Waals surface area contributed by atoms with Gasteiger partial charge in [-0.05, 0) is 18.6 Å². The van der Waals surface area contributed by atoms with Crippen LogP contribution in [-0.2, 0) is 11.3 Å². The molecule has 1 aromatic heterocycles. The molecule has 1 saturated heterocycles. The van der Waals surface area contributed by atoms with E-state index in [2.05, 4.69) is 15.5 Å². The van der Waals surface area contributed by atoms with Gasteiger partial charge in [0.1, 0.15) is 0 Å². The summed E-state index contributed by atoms with van der Waals surface area (Å²) in [5.41, 5.74) is 3.71. The van der Waals surface area contributed by atoms with E-state index in [1.165, 1.54) is 0 Å². The van der Waals surface area contributed by atoms with Crippen LogP contribution in [0.4, 0.5) is 0 Å². The van der Waals surface area contributed by atoms with Gasteiger partial charge in [-0.25, -0.2) is 0 Å². The van der Waals surface area contributed by atoms with Crippen LogP contribution in [0, 0.1) is 6.92 Å². The van der Waals surface area contributed by atoms with Crippen molar-refractivity contribution in [3.05, 3.63) is 71.4 Å². The third kappa shape index (κ3) is 3.30. The van der Waals surface area contributed by atoms with E-state index in [9.17, 15) is 4.79 Å². The zero-order valence-corrected chi connectivity index (χ0v) is 15.1. The summed E-state index contributed by atoms with van der Waals surface area (Å²) in [5, 5.41) is 1.03. The first-order chi connectivity index (χ1) is 12.7. The average Bonchev–Trinajstić information content (AvgIpc) is 3.06. The number of aromatic nitrogens is 1. The number of nitrogens with zero attached hydrogens (tertiary/aromatic N) is 2. The molecule has 0 saturated carbocycles. The van der Waals surface area contributed by atoms with Gasteiger partial charge in [0.05, 0.1) is 13.2 Å². The summed E-state index contributed by atoms with van der Waals surface area (Å²) in [6.07, 6.45) is 2.03. The van der Waals surface area contributed by atoms with Crippen molar-refractivity contribution in [2.75, 3.05) is 32.8 Å². The van der Waals surface area contributed by atoms with Crippen molar-refractivity contribution >= 4 is 16.7 Å². The van der Waals surface area contributed by atoms with Crippen LogP contribution in [-0.4, -0.2) is 48.1 Å². The second kappa shape index (κ2) is 7.44. The molecule has 0 bridgehead atoms. The Kier molecular flexibility index (Phi) is 4.87. The molecule has 4 rings (SSSR count). The summed E-state index contributed by atoms with van der Waals surface area (Å²) in [6.45, 7) is 7.42. The minimum atomic E-state index is 0.101. The fourth-order valence-electron chi connectivity index (χ4n) is 3.66. The van der Waals surface area contributed by atoms with E-state index in [4.69, 9.17) is 4.74 Å². The summed E-state index contributed by atoms with van der Waals surface area (Å²) in [7, 11) is 0. The molecule has 3 aromatic rings. The molecule has 0 atom stereocenters. The predicted octanol–water partition coefficient (Wildman–Crippen LogP) is 3.51. The summed E-state index contributed by atoms with van der Waals surface area (Å²) in [4.78, 5) is 15.6. The lowest BCUT2D eigenvalue weighted by atomic mass is 9.99. The van der Waals surface area contributed by atoms with Crippen molar-refractivity contribution in [3.8, 4) is 0 Å². The predicted molar refractivity (Wildman–Crippen MR) is 104 cm³/mol. The number of carbonyl (C=O) groups excluding carboxylic acids is 1. The molecule has 1 aliphatic rings. The van der Waals surface area contributed by atoms with Crippen LogP contribution in [0.3, 0.4) is 0 Å². The lowest BCUT2D eigenvalue weighted by Crippen LogP contribution is -2.38. The van der Waals surface area contributed by atoms with Crippen LogP contribution in [0.1, 0.15) is 21.5 Å². The Hall–Kier alpha value is -2.43. The van der Waals surface area contributed by atoms with Crippen LogP contribution < -0.4 is 0 Å². The Morgan fingerprint density at radius 2 is 1.69 bits per heavy atom. The molecule has 1 fully saturated rings. The van der Waals surface area contributed by atoms with Gasteiger partial charge < -0.3 is 9.30 Å². The van der Waals surface area contributed by atoms with Crippen LogP contribution >= 0.6 is 0 Å². The van der Waals surface area contributed by atoms with Crippen LogP contribution in [0.25, 0.3) is 10.9 Å². The molecule has 0 unspecified atom stereocenters. The zero-order valence-electron chi connectivity index (χ0n) is 15.1. The minimum absolute atomic E-state index is 0.101. The van der Waals surface area contributed by atoms with Gasteiger partial charge in [-0.2, -0.15) is 0 Å². The molecule has 2 heterocycles. The van der Waals surface area contributed by atoms with E-state index in [0.717, 1.165) is 67.0 Å². The van der Waals surface area contributed by atoms with Gasteiger partial charge in [0.2, 0.25) is 0 Å². The van der Waals surface area contributed by atoms with E-state index >= 15 is 0 Å². The first-order valence-corrected chi connectivity index (χ1v) is 9.22. The lowest BCUT2D eigenvalue weighted by molar-refractivity contribution is 0.0365. The van der Waals surface area contributed by atoms with Gasteiger partial charge in [0.15, 0.2) is 5.78 Å². The highest BCUT2D eigenvalue weighted by Gasteiger charge is 2.18. The molecule has 1 aliphatic heterocycles. The van der Waals surface area contributed by atoms with Crippen molar-refractivity contribution in [3.63, 3.8) is 0 Å². The SMILES string of the molecule is Cc1ccccc1C(=O)c1cn(CCN2CCOCC2)c2ccccc12. The normalized spacial score (nSPS) is 15.4. The third-order valence-corrected chi connectivity index (χ3v) is 5.18. The number of fused-ring (bicyclic) bond motifs is 1. The Morgan fingerprint density at radius 3 is 2.50 bits per heavy atom. The van der Waals surface area contributed by atoms with E-state index in [-0.39, 0.29) is 5.78 Å². The van der Waals surface area contributed by atoms with E-state index in [1.807, 2.05) is 55.6 Å². The van der Waals surface area contributed by atoms with Gasteiger partial charge in [-0.3, -0.25) is 9.69 Å². The van der Waals surface area contributed by atoms with Gasteiger partial charge >= 0.3 is 0 Å². The van der Waals surface area contributed by atoms with Crippen LogP contribution in [0.2, 0.25) is 0 Å². The Balaban J connectivity index is 1.65. The number of ketones is 1. The molecule has 26 heavy (non-hydrogen) atoms. The Labute approximate surface area is 154 Å².